The molecule has 17 heteroatoms. The molecule has 16 nitrogen and oxygen atoms in total. The lowest BCUT2D eigenvalue weighted by Crippen LogP contribution is -2.56. The Balaban J connectivity index is 2.35. The third kappa shape index (κ3) is 11.5. The van der Waals surface area contributed by atoms with Crippen molar-refractivity contribution in [3.05, 3.63) is 36.4 Å². The van der Waals surface area contributed by atoms with Crippen molar-refractivity contribution in [2.45, 2.75) is 68.0 Å². The van der Waals surface area contributed by atoms with E-state index in [-0.39, 0.29) is 43.1 Å². The van der Waals surface area contributed by atoms with Gasteiger partial charge in [0.15, 0.2) is 5.96 Å². The highest BCUT2D eigenvalue weighted by Crippen LogP contribution is 2.30. The smallest absolute Gasteiger partial charge is 0.243 e. The molecule has 0 spiro atoms. The van der Waals surface area contributed by atoms with E-state index in [4.69, 9.17) is 28.7 Å². The number of nitrogens with two attached hydrogens (primary N) is 5. The van der Waals surface area contributed by atoms with Crippen LogP contribution in [0.25, 0.3) is 10.8 Å². The molecular formula is C29H46N10O6S. The molecule has 0 bridgehead atoms. The molecule has 4 amide bonds. The molecule has 0 fully saturated rings. The van der Waals surface area contributed by atoms with E-state index in [2.05, 4.69) is 20.3 Å². The lowest BCUT2D eigenvalue weighted by Gasteiger charge is -2.25. The molecule has 0 unspecified atom stereocenters. The van der Waals surface area contributed by atoms with Crippen molar-refractivity contribution in [3.63, 3.8) is 0 Å². The average Bonchev–Trinajstić information content (AvgIpc) is 2.98. The third-order valence-electron chi connectivity index (χ3n) is 7.11. The number of anilines is 1. The van der Waals surface area contributed by atoms with E-state index in [9.17, 15) is 27.6 Å². The van der Waals surface area contributed by atoms with Gasteiger partial charge < -0.3 is 44.2 Å². The summed E-state index contributed by atoms with van der Waals surface area (Å²) in [7, 11) is -0.582. The number of hydrogen-bond donors (Lipinski definition) is 8. The maximum Gasteiger partial charge on any atom is 0.243 e. The first-order valence-corrected chi connectivity index (χ1v) is 16.3. The number of unbranched alkanes of at least 4 members (excludes halogenated alkanes) is 1. The molecule has 0 radical (unpaired) electrons. The van der Waals surface area contributed by atoms with Crippen LogP contribution in [0, 0.1) is 0 Å². The first kappa shape index (κ1) is 37.7. The molecule has 0 aliphatic rings. The number of benzene rings is 2. The Hall–Kier alpha value is -4.48. The Morgan fingerprint density at radius 3 is 2.02 bits per heavy atom. The minimum atomic E-state index is -4.27. The van der Waals surface area contributed by atoms with Gasteiger partial charge in [0.05, 0.1) is 4.90 Å². The second-order valence-corrected chi connectivity index (χ2v) is 12.6. The SMILES string of the molecule is CN(C)c1cccc2c(S(=O)(=O)N[C@@H](CCCCN)C(=O)N[C@@H](CCC(N)=O)C(=O)N[C@@H](CCCN=C(N)N)C(N)=O)cccc12. The van der Waals surface area contributed by atoms with Gasteiger partial charge >= 0.3 is 0 Å². The first-order chi connectivity index (χ1) is 21.7. The number of nitrogens with one attached hydrogen (secondary N) is 3. The number of nitrogens with zero attached hydrogens (tertiary/aromatic N) is 2. The van der Waals surface area contributed by atoms with Crippen LogP contribution in [0.1, 0.15) is 44.9 Å². The van der Waals surface area contributed by atoms with Gasteiger partial charge in [-0.05, 0) is 50.8 Å². The highest BCUT2D eigenvalue weighted by molar-refractivity contribution is 7.89. The summed E-state index contributed by atoms with van der Waals surface area (Å²) < 4.78 is 30.0. The number of amides is 4. The van der Waals surface area contributed by atoms with Gasteiger partial charge in [-0.2, -0.15) is 4.72 Å². The molecule has 46 heavy (non-hydrogen) atoms. The third-order valence-corrected chi connectivity index (χ3v) is 8.64. The second-order valence-electron chi connectivity index (χ2n) is 11.0. The van der Waals surface area contributed by atoms with Crippen LogP contribution in [0.3, 0.4) is 0 Å². The van der Waals surface area contributed by atoms with E-state index < -0.39 is 51.8 Å². The fourth-order valence-electron chi connectivity index (χ4n) is 4.77. The van der Waals surface area contributed by atoms with Crippen LogP contribution < -0.4 is 48.9 Å². The van der Waals surface area contributed by atoms with Crippen LogP contribution in [0.2, 0.25) is 0 Å². The molecule has 0 saturated carbocycles. The number of primary amides is 2. The van der Waals surface area contributed by atoms with Gasteiger partial charge in [0.1, 0.15) is 18.1 Å². The van der Waals surface area contributed by atoms with Gasteiger partial charge in [-0.15, -0.1) is 0 Å². The van der Waals surface area contributed by atoms with Crippen molar-refractivity contribution >= 4 is 56.1 Å². The number of aliphatic imine (C=N–C) groups is 1. The fourth-order valence-corrected chi connectivity index (χ4v) is 6.22. The monoisotopic (exact) mass is 662 g/mol. The summed E-state index contributed by atoms with van der Waals surface area (Å²) in [5.74, 6) is -3.33. The number of sulfonamides is 1. The highest BCUT2D eigenvalue weighted by Gasteiger charge is 2.31. The van der Waals surface area contributed by atoms with E-state index in [1.807, 2.05) is 25.1 Å². The van der Waals surface area contributed by atoms with Crippen molar-refractivity contribution in [2.75, 3.05) is 32.1 Å². The average molecular weight is 663 g/mol. The molecule has 13 N–H and O–H groups in total. The van der Waals surface area contributed by atoms with Crippen molar-refractivity contribution in [2.24, 2.45) is 33.7 Å². The van der Waals surface area contributed by atoms with Gasteiger partial charge in [-0.3, -0.25) is 24.2 Å². The minimum Gasteiger partial charge on any atom is -0.377 e. The van der Waals surface area contributed by atoms with Gasteiger partial charge in [0.25, 0.3) is 0 Å². The largest absolute Gasteiger partial charge is 0.377 e. The van der Waals surface area contributed by atoms with Crippen LogP contribution in [0.15, 0.2) is 46.3 Å². The topological polar surface area (TPSA) is 284 Å². The van der Waals surface area contributed by atoms with Crippen LogP contribution >= 0.6 is 0 Å². The second kappa shape index (κ2) is 17.9. The van der Waals surface area contributed by atoms with Crippen LogP contribution in [0.4, 0.5) is 5.69 Å². The molecule has 0 aromatic heterocycles. The van der Waals surface area contributed by atoms with Gasteiger partial charge in [-0.25, -0.2) is 8.42 Å². The fraction of sp³-hybridized carbons (Fsp3) is 0.483. The highest BCUT2D eigenvalue weighted by atomic mass is 32.2. The molecule has 3 atom stereocenters. The summed E-state index contributed by atoms with van der Waals surface area (Å²) >= 11 is 0. The Kier molecular flexibility index (Phi) is 14.6. The van der Waals surface area contributed by atoms with Crippen LogP contribution in [-0.4, -0.2) is 83.3 Å². The Morgan fingerprint density at radius 2 is 1.41 bits per heavy atom. The number of carbonyl (C=O) groups excluding carboxylic acids is 4. The van der Waals surface area contributed by atoms with Gasteiger partial charge in [0, 0.05) is 43.5 Å². The van der Waals surface area contributed by atoms with Crippen LogP contribution in [0.5, 0.6) is 0 Å². The summed E-state index contributed by atoms with van der Waals surface area (Å²) in [6, 6.07) is 6.36. The zero-order valence-corrected chi connectivity index (χ0v) is 27.0. The number of carbonyl (C=O) groups is 4. The van der Waals surface area contributed by atoms with E-state index in [1.165, 1.54) is 6.07 Å². The van der Waals surface area contributed by atoms with E-state index in [0.717, 1.165) is 5.69 Å². The summed E-state index contributed by atoms with van der Waals surface area (Å²) in [6.45, 7) is 0.501. The standard InChI is InChI=1S/C29H46N10O6S/c1-39(2)23-12-5-9-19-18(23)8-6-13-24(19)46(44,45)38-22(10-3-4-16-30)28(43)37-21(14-15-25(31)40)27(42)36-20(26(32)41)11-7-17-35-29(33)34/h5-6,8-9,12-13,20-22,38H,3-4,7,10-11,14-17,30H2,1-2H3,(H2,31,40)(H2,32,41)(H,36,42)(H,37,43)(H4,33,34,35)/t20-,21-,22-/m0/s1. The van der Waals surface area contributed by atoms with Crippen molar-refractivity contribution in [3.8, 4) is 0 Å². The Morgan fingerprint density at radius 1 is 0.804 bits per heavy atom. The molecule has 0 heterocycles. The normalized spacial score (nSPS) is 13.3. The summed E-state index contributed by atoms with van der Waals surface area (Å²) in [5, 5.41) is 6.17. The van der Waals surface area contributed by atoms with Gasteiger partial charge in [-0.1, -0.05) is 30.7 Å². The van der Waals surface area contributed by atoms with E-state index in [1.54, 1.807) is 24.3 Å². The maximum absolute atomic E-state index is 13.8. The van der Waals surface area contributed by atoms with Crippen molar-refractivity contribution in [1.29, 1.82) is 0 Å². The number of fused-ring (bicyclic) bond motifs is 1. The van der Waals surface area contributed by atoms with E-state index >= 15 is 0 Å². The molecule has 2 aromatic rings. The molecular weight excluding hydrogens is 616 g/mol. The van der Waals surface area contributed by atoms with Gasteiger partial charge in [0.2, 0.25) is 33.7 Å². The van der Waals surface area contributed by atoms with E-state index in [0.29, 0.717) is 36.6 Å². The quantitative estimate of drug-likeness (QED) is 0.0459. The number of rotatable bonds is 20. The van der Waals surface area contributed by atoms with Crippen LogP contribution in [-0.2, 0) is 29.2 Å². The summed E-state index contributed by atoms with van der Waals surface area (Å²) in [5.41, 5.74) is 27.8. The Bertz CT molecular complexity index is 1510. The lowest BCUT2D eigenvalue weighted by molar-refractivity contribution is -0.132. The first-order valence-electron chi connectivity index (χ1n) is 14.8. The predicted octanol–water partition coefficient (Wildman–Crippen LogP) is -1.54. The number of hydrogen-bond acceptors (Lipinski definition) is 9. The maximum atomic E-state index is 13.8. The molecule has 0 aliphatic heterocycles. The number of guanidine groups is 1. The summed E-state index contributed by atoms with van der Waals surface area (Å²) in [6.07, 6.45) is 0.876. The molecule has 2 rings (SSSR count). The van der Waals surface area contributed by atoms with Crippen molar-refractivity contribution in [1.82, 2.24) is 15.4 Å². The predicted molar refractivity (Wildman–Crippen MR) is 177 cm³/mol. The zero-order chi connectivity index (χ0) is 34.4. The van der Waals surface area contributed by atoms with Crippen molar-refractivity contribution < 1.29 is 27.6 Å². The minimum absolute atomic E-state index is 0.0293. The molecule has 2 aromatic carbocycles. The molecule has 0 saturated heterocycles. The Labute approximate surface area is 268 Å². The lowest BCUT2D eigenvalue weighted by atomic mass is 10.1. The molecule has 0 aliphatic carbocycles. The summed E-state index contributed by atoms with van der Waals surface area (Å²) in [4.78, 5) is 56.1. The zero-order valence-electron chi connectivity index (χ0n) is 26.2. The molecule has 254 valence electrons.